The van der Waals surface area contributed by atoms with Crippen LogP contribution in [0.15, 0.2) is 34.1 Å². The van der Waals surface area contributed by atoms with Gasteiger partial charge in [0, 0.05) is 26.8 Å². The van der Waals surface area contributed by atoms with Gasteiger partial charge in [-0.15, -0.1) is 11.3 Å². The molecule has 0 saturated carbocycles. The van der Waals surface area contributed by atoms with Crippen molar-refractivity contribution in [2.24, 2.45) is 0 Å². The van der Waals surface area contributed by atoms with Gasteiger partial charge in [-0.2, -0.15) is 0 Å². The van der Waals surface area contributed by atoms with Gasteiger partial charge in [0.15, 0.2) is 0 Å². The monoisotopic (exact) mass is 373 g/mol. The van der Waals surface area contributed by atoms with Gasteiger partial charge in [-0.05, 0) is 59.4 Å². The number of nitrogens with one attached hydrogen (secondary N) is 1. The molecule has 1 heterocycles. The first kappa shape index (κ1) is 16.6. The molecule has 0 bridgehead atoms. The summed E-state index contributed by atoms with van der Waals surface area (Å²) >= 11 is 5.14. The first-order valence-corrected chi connectivity index (χ1v) is 8.66. The Morgan fingerprint density at radius 3 is 2.67 bits per heavy atom. The van der Waals surface area contributed by atoms with Crippen LogP contribution in [0.1, 0.15) is 23.8 Å². The van der Waals surface area contributed by atoms with Crippen LogP contribution in [0, 0.1) is 11.6 Å². The fraction of sp³-hybridized carbons (Fsp3) is 0.375. The molecule has 114 valence electrons. The first-order chi connectivity index (χ1) is 10.1. The van der Waals surface area contributed by atoms with Gasteiger partial charge in [-0.25, -0.2) is 8.78 Å². The first-order valence-electron chi connectivity index (χ1n) is 6.98. The Kier molecular flexibility index (Phi) is 6.33. The lowest BCUT2D eigenvalue weighted by Crippen LogP contribution is -2.33. The molecule has 21 heavy (non-hydrogen) atoms. The predicted octanol–water partition coefficient (Wildman–Crippen LogP) is 4.94. The Morgan fingerprint density at radius 2 is 2.05 bits per heavy atom. The molecule has 0 fully saturated rings. The quantitative estimate of drug-likeness (QED) is 0.724. The fourth-order valence-corrected chi connectivity index (χ4v) is 3.75. The molecular weight excluding hydrogens is 356 g/mol. The molecule has 1 aromatic carbocycles. The second-order valence-electron chi connectivity index (χ2n) is 5.03. The van der Waals surface area contributed by atoms with Gasteiger partial charge in [-0.1, -0.05) is 13.0 Å². The van der Waals surface area contributed by atoms with E-state index in [1.165, 1.54) is 17.0 Å². The summed E-state index contributed by atoms with van der Waals surface area (Å²) in [6.45, 7) is 2.99. The summed E-state index contributed by atoms with van der Waals surface area (Å²) in [7, 11) is 0. The van der Waals surface area contributed by atoms with Crippen LogP contribution in [0.25, 0.3) is 0 Å². The van der Waals surface area contributed by atoms with Gasteiger partial charge in [0.1, 0.15) is 11.6 Å². The molecule has 0 radical (unpaired) electrons. The maximum Gasteiger partial charge on any atom is 0.129 e. The van der Waals surface area contributed by atoms with E-state index in [2.05, 4.69) is 34.2 Å². The molecule has 0 amide bonds. The van der Waals surface area contributed by atoms with Gasteiger partial charge >= 0.3 is 0 Å². The molecule has 0 aliphatic rings. The van der Waals surface area contributed by atoms with E-state index in [4.69, 9.17) is 0 Å². The summed E-state index contributed by atoms with van der Waals surface area (Å²) in [6.07, 6.45) is 2.42. The van der Waals surface area contributed by atoms with Crippen molar-refractivity contribution in [3.8, 4) is 0 Å². The Hall–Kier alpha value is -0.780. The SMILES string of the molecule is CCCNC(Cc1cc(Br)cs1)Cc1ccc(F)cc1F. The zero-order valence-corrected chi connectivity index (χ0v) is 14.2. The third-order valence-corrected chi connectivity index (χ3v) is 4.95. The van der Waals surface area contributed by atoms with E-state index in [0.717, 1.165) is 29.9 Å². The van der Waals surface area contributed by atoms with Crippen molar-refractivity contribution in [3.05, 3.63) is 56.2 Å². The van der Waals surface area contributed by atoms with Crippen LogP contribution in [-0.2, 0) is 12.8 Å². The molecular formula is C16H18BrF2NS. The minimum Gasteiger partial charge on any atom is -0.313 e. The van der Waals surface area contributed by atoms with Crippen LogP contribution in [-0.4, -0.2) is 12.6 Å². The minimum atomic E-state index is -0.531. The van der Waals surface area contributed by atoms with Crippen molar-refractivity contribution in [1.82, 2.24) is 5.32 Å². The van der Waals surface area contributed by atoms with E-state index in [9.17, 15) is 8.78 Å². The van der Waals surface area contributed by atoms with Gasteiger partial charge in [0.05, 0.1) is 0 Å². The zero-order valence-electron chi connectivity index (χ0n) is 11.8. The normalized spacial score (nSPS) is 12.6. The van der Waals surface area contributed by atoms with Crippen LogP contribution < -0.4 is 5.32 Å². The topological polar surface area (TPSA) is 12.0 Å². The number of benzene rings is 1. The third kappa shape index (κ3) is 5.16. The van der Waals surface area contributed by atoms with Crippen molar-refractivity contribution >= 4 is 27.3 Å². The summed E-state index contributed by atoms with van der Waals surface area (Å²) in [4.78, 5) is 1.25. The molecule has 1 aromatic heterocycles. The van der Waals surface area contributed by atoms with Crippen LogP contribution >= 0.6 is 27.3 Å². The predicted molar refractivity (Wildman–Crippen MR) is 87.9 cm³/mol. The van der Waals surface area contributed by atoms with Crippen molar-refractivity contribution in [2.75, 3.05) is 6.54 Å². The molecule has 1 atom stereocenters. The highest BCUT2D eigenvalue weighted by atomic mass is 79.9. The molecule has 1 unspecified atom stereocenters. The maximum atomic E-state index is 13.8. The Labute approximate surface area is 136 Å². The van der Waals surface area contributed by atoms with Crippen molar-refractivity contribution in [3.63, 3.8) is 0 Å². The van der Waals surface area contributed by atoms with Crippen LogP contribution in [0.2, 0.25) is 0 Å². The second kappa shape index (κ2) is 8.01. The standard InChI is InChI=1S/C16H18BrF2NS/c1-2-5-20-14(9-15-7-12(17)10-21-15)6-11-3-4-13(18)8-16(11)19/h3-4,7-8,10,14,20H,2,5-6,9H2,1H3. The summed E-state index contributed by atoms with van der Waals surface area (Å²) in [5, 5.41) is 5.49. The highest BCUT2D eigenvalue weighted by molar-refractivity contribution is 9.10. The molecule has 0 saturated heterocycles. The molecule has 2 rings (SSSR count). The Bertz CT molecular complexity index is 585. The van der Waals surface area contributed by atoms with E-state index in [1.54, 1.807) is 11.3 Å². The smallest absolute Gasteiger partial charge is 0.129 e. The summed E-state index contributed by atoms with van der Waals surface area (Å²) in [5.41, 5.74) is 0.556. The number of rotatable bonds is 7. The van der Waals surface area contributed by atoms with E-state index in [1.807, 2.05) is 5.38 Å². The van der Waals surface area contributed by atoms with Crippen LogP contribution in [0.3, 0.4) is 0 Å². The lowest BCUT2D eigenvalue weighted by molar-refractivity contribution is 0.491. The molecule has 0 aliphatic carbocycles. The van der Waals surface area contributed by atoms with Gasteiger partial charge in [0.2, 0.25) is 0 Å². The zero-order chi connectivity index (χ0) is 15.2. The Morgan fingerprint density at radius 1 is 1.24 bits per heavy atom. The van der Waals surface area contributed by atoms with E-state index >= 15 is 0 Å². The number of halogens is 3. The highest BCUT2D eigenvalue weighted by Gasteiger charge is 2.14. The fourth-order valence-electron chi connectivity index (χ4n) is 2.22. The number of thiophene rings is 1. The van der Waals surface area contributed by atoms with Crippen molar-refractivity contribution in [1.29, 1.82) is 0 Å². The maximum absolute atomic E-state index is 13.8. The molecule has 0 aliphatic heterocycles. The van der Waals surface area contributed by atoms with Gasteiger partial charge in [0.25, 0.3) is 0 Å². The van der Waals surface area contributed by atoms with E-state index in [-0.39, 0.29) is 6.04 Å². The molecule has 5 heteroatoms. The number of hydrogen-bond acceptors (Lipinski definition) is 2. The van der Waals surface area contributed by atoms with E-state index in [0.29, 0.717) is 12.0 Å². The van der Waals surface area contributed by atoms with Gasteiger partial charge in [-0.3, -0.25) is 0 Å². The van der Waals surface area contributed by atoms with Crippen molar-refractivity contribution in [2.45, 2.75) is 32.2 Å². The molecule has 1 nitrogen and oxygen atoms in total. The summed E-state index contributed by atoms with van der Waals surface area (Å²) < 4.78 is 27.9. The largest absolute Gasteiger partial charge is 0.313 e. The molecule has 0 spiro atoms. The average molecular weight is 374 g/mol. The van der Waals surface area contributed by atoms with Gasteiger partial charge < -0.3 is 5.32 Å². The van der Waals surface area contributed by atoms with Crippen LogP contribution in [0.4, 0.5) is 8.78 Å². The van der Waals surface area contributed by atoms with Crippen molar-refractivity contribution < 1.29 is 8.78 Å². The number of hydrogen-bond donors (Lipinski definition) is 1. The van der Waals surface area contributed by atoms with Crippen LogP contribution in [0.5, 0.6) is 0 Å². The average Bonchev–Trinajstić information content (AvgIpc) is 2.84. The Balaban J connectivity index is 2.08. The molecule has 2 aromatic rings. The third-order valence-electron chi connectivity index (χ3n) is 3.23. The lowest BCUT2D eigenvalue weighted by Gasteiger charge is -2.18. The minimum absolute atomic E-state index is 0.149. The van der Waals surface area contributed by atoms with E-state index < -0.39 is 11.6 Å². The highest BCUT2D eigenvalue weighted by Crippen LogP contribution is 2.22. The lowest BCUT2D eigenvalue weighted by atomic mass is 10.0. The summed E-state index contributed by atoms with van der Waals surface area (Å²) in [6, 6.07) is 6.04. The summed E-state index contributed by atoms with van der Waals surface area (Å²) in [5.74, 6) is -0.998. The second-order valence-corrected chi connectivity index (χ2v) is 6.94. The molecule has 1 N–H and O–H groups in total.